The largest absolute Gasteiger partial charge is 0.494 e. The van der Waals surface area contributed by atoms with Gasteiger partial charge in [0.05, 0.1) is 25.2 Å². The summed E-state index contributed by atoms with van der Waals surface area (Å²) in [7, 11) is -2.45. The highest BCUT2D eigenvalue weighted by molar-refractivity contribution is 7.89. The van der Waals surface area contributed by atoms with Gasteiger partial charge in [0.1, 0.15) is 0 Å². The maximum Gasteiger partial charge on any atom is 0.241 e. The Balaban J connectivity index is 1.82. The number of hydrogen-bond donors (Lipinski definition) is 1. The molecule has 26 heavy (non-hydrogen) atoms. The summed E-state index contributed by atoms with van der Waals surface area (Å²) in [6.07, 6.45) is 0.731. The fourth-order valence-electron chi connectivity index (χ4n) is 2.63. The van der Waals surface area contributed by atoms with E-state index < -0.39 is 21.9 Å². The molecule has 0 aliphatic carbocycles. The highest BCUT2D eigenvalue weighted by Crippen LogP contribution is 2.32. The lowest BCUT2D eigenvalue weighted by molar-refractivity contribution is 0.297. The Kier molecular flexibility index (Phi) is 5.33. The number of ether oxygens (including phenoxy) is 3. The van der Waals surface area contributed by atoms with Gasteiger partial charge in [-0.25, -0.2) is 17.5 Å². The van der Waals surface area contributed by atoms with Gasteiger partial charge in [-0.1, -0.05) is 6.07 Å². The first kappa shape index (κ1) is 18.5. The van der Waals surface area contributed by atoms with Crippen molar-refractivity contribution in [2.75, 3.05) is 20.3 Å². The van der Waals surface area contributed by atoms with Gasteiger partial charge >= 0.3 is 0 Å². The summed E-state index contributed by atoms with van der Waals surface area (Å²) in [6.45, 7) is 2.63. The van der Waals surface area contributed by atoms with Gasteiger partial charge < -0.3 is 14.2 Å². The maximum atomic E-state index is 13.9. The average molecular weight is 381 g/mol. The fraction of sp³-hybridized carbons (Fsp3) is 0.333. The molecule has 0 spiro atoms. The van der Waals surface area contributed by atoms with E-state index in [9.17, 15) is 12.8 Å². The van der Waals surface area contributed by atoms with Crippen LogP contribution in [0.4, 0.5) is 4.39 Å². The molecular formula is C18H20FNO5S. The van der Waals surface area contributed by atoms with E-state index in [0.29, 0.717) is 30.3 Å². The van der Waals surface area contributed by atoms with E-state index in [1.807, 2.05) is 0 Å². The van der Waals surface area contributed by atoms with Crippen LogP contribution < -0.4 is 18.9 Å². The minimum absolute atomic E-state index is 0.0579. The molecule has 0 aromatic heterocycles. The molecule has 2 aromatic carbocycles. The Bertz CT molecular complexity index is 900. The summed E-state index contributed by atoms with van der Waals surface area (Å²) in [4.78, 5) is 0.0579. The third kappa shape index (κ3) is 3.91. The first-order valence-electron chi connectivity index (χ1n) is 8.16. The van der Waals surface area contributed by atoms with E-state index >= 15 is 0 Å². The first-order valence-corrected chi connectivity index (χ1v) is 9.64. The lowest BCUT2D eigenvalue weighted by Gasteiger charge is -2.16. The van der Waals surface area contributed by atoms with E-state index in [4.69, 9.17) is 14.2 Å². The third-order valence-electron chi connectivity index (χ3n) is 4.04. The van der Waals surface area contributed by atoms with Gasteiger partial charge in [-0.3, -0.25) is 0 Å². The van der Waals surface area contributed by atoms with Crippen LogP contribution in [0.2, 0.25) is 0 Å². The minimum Gasteiger partial charge on any atom is -0.494 e. The van der Waals surface area contributed by atoms with Gasteiger partial charge in [0.15, 0.2) is 23.1 Å². The minimum atomic E-state index is -3.82. The lowest BCUT2D eigenvalue weighted by atomic mass is 10.1. The molecule has 3 rings (SSSR count). The smallest absolute Gasteiger partial charge is 0.241 e. The molecule has 1 N–H and O–H groups in total. The van der Waals surface area contributed by atoms with Crippen molar-refractivity contribution >= 4 is 10.0 Å². The highest BCUT2D eigenvalue weighted by atomic mass is 32.2. The molecule has 0 fully saturated rings. The van der Waals surface area contributed by atoms with Crippen LogP contribution in [0, 0.1) is 5.82 Å². The predicted octanol–water partition coefficient (Wildman–Crippen LogP) is 3.04. The van der Waals surface area contributed by atoms with Crippen LogP contribution in [-0.4, -0.2) is 28.7 Å². The zero-order valence-electron chi connectivity index (χ0n) is 14.5. The van der Waals surface area contributed by atoms with E-state index in [-0.39, 0.29) is 10.6 Å². The van der Waals surface area contributed by atoms with Crippen molar-refractivity contribution in [3.8, 4) is 17.2 Å². The summed E-state index contributed by atoms with van der Waals surface area (Å²) in [6, 6.07) is 8.16. The molecule has 1 unspecified atom stereocenters. The van der Waals surface area contributed by atoms with Gasteiger partial charge in [-0.15, -0.1) is 0 Å². The Morgan fingerprint density at radius 2 is 1.85 bits per heavy atom. The summed E-state index contributed by atoms with van der Waals surface area (Å²) in [5, 5.41) is 0. The summed E-state index contributed by atoms with van der Waals surface area (Å²) < 4.78 is 57.7. The number of hydrogen-bond acceptors (Lipinski definition) is 5. The van der Waals surface area contributed by atoms with Crippen molar-refractivity contribution in [2.45, 2.75) is 24.3 Å². The van der Waals surface area contributed by atoms with E-state index in [0.717, 1.165) is 6.42 Å². The van der Waals surface area contributed by atoms with Crippen molar-refractivity contribution in [1.82, 2.24) is 4.72 Å². The number of methoxy groups -OCH3 is 1. The lowest BCUT2D eigenvalue weighted by Crippen LogP contribution is -2.27. The number of rotatable bonds is 5. The van der Waals surface area contributed by atoms with Crippen LogP contribution in [0.1, 0.15) is 24.9 Å². The molecule has 140 valence electrons. The molecule has 1 heterocycles. The fourth-order valence-corrected chi connectivity index (χ4v) is 3.88. The second-order valence-electron chi connectivity index (χ2n) is 5.90. The van der Waals surface area contributed by atoms with Crippen molar-refractivity contribution in [1.29, 1.82) is 0 Å². The summed E-state index contributed by atoms with van der Waals surface area (Å²) >= 11 is 0. The van der Waals surface area contributed by atoms with Gasteiger partial charge in [0.25, 0.3) is 0 Å². The molecule has 6 nitrogen and oxygen atoms in total. The monoisotopic (exact) mass is 381 g/mol. The van der Waals surface area contributed by atoms with Crippen LogP contribution in [0.5, 0.6) is 17.2 Å². The van der Waals surface area contributed by atoms with Gasteiger partial charge in [-0.2, -0.15) is 0 Å². The number of benzene rings is 2. The highest BCUT2D eigenvalue weighted by Gasteiger charge is 2.22. The van der Waals surface area contributed by atoms with E-state index in [2.05, 4.69) is 4.72 Å². The van der Waals surface area contributed by atoms with Crippen molar-refractivity contribution in [2.24, 2.45) is 0 Å². The molecule has 0 saturated carbocycles. The number of fused-ring (bicyclic) bond motifs is 1. The van der Waals surface area contributed by atoms with Gasteiger partial charge in [0, 0.05) is 18.5 Å². The van der Waals surface area contributed by atoms with Crippen molar-refractivity contribution in [3.63, 3.8) is 0 Å². The topological polar surface area (TPSA) is 73.9 Å². The Hall–Kier alpha value is -2.32. The molecule has 0 radical (unpaired) electrons. The second-order valence-corrected chi connectivity index (χ2v) is 7.61. The molecular weight excluding hydrogens is 361 g/mol. The quantitative estimate of drug-likeness (QED) is 0.862. The van der Waals surface area contributed by atoms with Crippen LogP contribution in [-0.2, 0) is 10.0 Å². The predicted molar refractivity (Wildman–Crippen MR) is 93.7 cm³/mol. The third-order valence-corrected chi connectivity index (χ3v) is 5.58. The Morgan fingerprint density at radius 3 is 2.54 bits per heavy atom. The molecule has 0 saturated heterocycles. The molecule has 1 atom stereocenters. The summed E-state index contributed by atoms with van der Waals surface area (Å²) in [5.74, 6) is 0.471. The molecule has 2 aromatic rings. The van der Waals surface area contributed by atoms with Crippen molar-refractivity contribution < 1.29 is 27.0 Å². The maximum absolute atomic E-state index is 13.9. The molecule has 8 heteroatoms. The summed E-state index contributed by atoms with van der Waals surface area (Å²) in [5.41, 5.74) is 0.487. The first-order chi connectivity index (χ1) is 12.4. The van der Waals surface area contributed by atoms with Crippen molar-refractivity contribution in [3.05, 3.63) is 47.8 Å². The average Bonchev–Trinajstić information content (AvgIpc) is 2.86. The zero-order chi connectivity index (χ0) is 18.7. The van der Waals surface area contributed by atoms with E-state index in [1.54, 1.807) is 19.1 Å². The van der Waals surface area contributed by atoms with E-state index in [1.165, 1.54) is 31.4 Å². The standard InChI is InChI=1S/C18H20FNO5S/c1-12(13-4-6-16(23-2)15(19)10-13)20-26(21,22)14-5-7-17-18(11-14)25-9-3-8-24-17/h4-7,10-12,20H,3,8-9H2,1-2H3. The number of nitrogens with one attached hydrogen (secondary N) is 1. The molecule has 0 amide bonds. The van der Waals surface area contributed by atoms with Crippen LogP contribution in [0.25, 0.3) is 0 Å². The van der Waals surface area contributed by atoms with Crippen LogP contribution in [0.3, 0.4) is 0 Å². The normalized spacial score (nSPS) is 15.2. The molecule has 1 aliphatic rings. The molecule has 1 aliphatic heterocycles. The number of sulfonamides is 1. The van der Waals surface area contributed by atoms with Gasteiger partial charge in [-0.05, 0) is 36.8 Å². The molecule has 0 bridgehead atoms. The Labute approximate surface area is 151 Å². The number of halogens is 1. The Morgan fingerprint density at radius 1 is 1.12 bits per heavy atom. The SMILES string of the molecule is COc1ccc(C(C)NS(=O)(=O)c2ccc3c(c2)OCCCO3)cc1F. The van der Waals surface area contributed by atoms with Gasteiger partial charge in [0.2, 0.25) is 10.0 Å². The van der Waals surface area contributed by atoms with Crippen LogP contribution in [0.15, 0.2) is 41.3 Å². The second kappa shape index (κ2) is 7.51. The van der Waals surface area contributed by atoms with Crippen LogP contribution >= 0.6 is 0 Å². The zero-order valence-corrected chi connectivity index (χ0v) is 15.3.